The van der Waals surface area contributed by atoms with Gasteiger partial charge in [0.05, 0.1) is 11.9 Å². The predicted octanol–water partition coefficient (Wildman–Crippen LogP) is -0.933. The Hall–Kier alpha value is -1.12. The Balaban J connectivity index is 0.00000225. The van der Waals surface area contributed by atoms with E-state index >= 15 is 0 Å². The van der Waals surface area contributed by atoms with Crippen LogP contribution in [-0.2, 0) is 21.2 Å². The molecule has 1 heterocycles. The zero-order chi connectivity index (χ0) is 11.6. The summed E-state index contributed by atoms with van der Waals surface area (Å²) in [7, 11) is -3.42. The summed E-state index contributed by atoms with van der Waals surface area (Å²) in [6.07, 6.45) is 2.25. The Kier molecular flexibility index (Phi) is 4.91. The molecule has 0 aromatic carbocycles. The highest BCUT2D eigenvalue weighted by atomic mass is 35.5. The largest absolute Gasteiger partial charge is 0.480 e. The van der Waals surface area contributed by atoms with Gasteiger partial charge in [-0.2, -0.15) is 9.19 Å². The van der Waals surface area contributed by atoms with E-state index in [0.29, 0.717) is 5.69 Å². The first-order valence-corrected chi connectivity index (χ1v) is 5.89. The predicted molar refractivity (Wildman–Crippen MR) is 59.0 cm³/mol. The fourth-order valence-electron chi connectivity index (χ4n) is 0.949. The van der Waals surface area contributed by atoms with Crippen LogP contribution in [0.5, 0.6) is 0 Å². The van der Waals surface area contributed by atoms with Gasteiger partial charge in [-0.25, -0.2) is 8.42 Å². The van der Waals surface area contributed by atoms with Crippen molar-refractivity contribution in [3.63, 3.8) is 0 Å². The number of rotatable bonds is 4. The topological polar surface area (TPSA) is 115 Å². The van der Waals surface area contributed by atoms with Crippen LogP contribution in [0.1, 0.15) is 5.69 Å². The highest BCUT2D eigenvalue weighted by Gasteiger charge is 2.15. The van der Waals surface area contributed by atoms with E-state index in [-0.39, 0.29) is 18.8 Å². The molecule has 0 aliphatic heterocycles. The van der Waals surface area contributed by atoms with Gasteiger partial charge in [0.2, 0.25) is 0 Å². The van der Waals surface area contributed by atoms with Gasteiger partial charge in [-0.15, -0.1) is 12.4 Å². The molecule has 1 atom stereocenters. The first kappa shape index (κ1) is 14.9. The summed E-state index contributed by atoms with van der Waals surface area (Å²) in [4.78, 5) is 10.4. The van der Waals surface area contributed by atoms with Gasteiger partial charge in [0.15, 0.2) is 0 Å². The van der Waals surface area contributed by atoms with Gasteiger partial charge in [-0.1, -0.05) is 0 Å². The smallest absolute Gasteiger partial charge is 0.320 e. The van der Waals surface area contributed by atoms with Crippen LogP contribution >= 0.6 is 12.4 Å². The Morgan fingerprint density at radius 3 is 2.62 bits per heavy atom. The second kappa shape index (κ2) is 5.28. The lowest BCUT2D eigenvalue weighted by molar-refractivity contribution is -0.138. The molecular weight excluding hydrogens is 258 g/mol. The molecule has 1 unspecified atom stereocenters. The van der Waals surface area contributed by atoms with Gasteiger partial charge in [-0.3, -0.25) is 4.79 Å². The van der Waals surface area contributed by atoms with Gasteiger partial charge in [-0.05, 0) is 6.07 Å². The molecule has 0 aliphatic carbocycles. The van der Waals surface area contributed by atoms with Crippen LogP contribution in [0, 0.1) is 0 Å². The lowest BCUT2D eigenvalue weighted by Gasteiger charge is -2.02. The van der Waals surface area contributed by atoms with Crippen molar-refractivity contribution >= 4 is 28.4 Å². The minimum atomic E-state index is -3.42. The number of hydrogen-bond acceptors (Lipinski definition) is 5. The summed E-state index contributed by atoms with van der Waals surface area (Å²) in [5.41, 5.74) is 5.60. The molecule has 0 amide bonds. The van der Waals surface area contributed by atoms with Crippen LogP contribution in [0.15, 0.2) is 12.3 Å². The number of carboxylic acid groups (broad SMARTS) is 1. The number of hydrogen-bond donors (Lipinski definition) is 2. The first-order chi connectivity index (χ1) is 6.80. The van der Waals surface area contributed by atoms with Crippen LogP contribution in [0.2, 0.25) is 0 Å². The van der Waals surface area contributed by atoms with Crippen molar-refractivity contribution in [1.29, 1.82) is 0 Å². The molecule has 0 aliphatic rings. The van der Waals surface area contributed by atoms with E-state index in [1.54, 1.807) is 0 Å². The number of aliphatic carboxylic acids is 1. The molecule has 0 saturated carbocycles. The molecule has 92 valence electrons. The molecule has 9 heteroatoms. The number of carboxylic acids is 1. The fourth-order valence-corrected chi connectivity index (χ4v) is 1.48. The second-order valence-electron chi connectivity index (χ2n) is 3.09. The highest BCUT2D eigenvalue weighted by molar-refractivity contribution is 7.89. The van der Waals surface area contributed by atoms with Crippen molar-refractivity contribution in [2.45, 2.75) is 12.5 Å². The first-order valence-electron chi connectivity index (χ1n) is 4.04. The normalized spacial score (nSPS) is 12.9. The average Bonchev–Trinajstić information content (AvgIpc) is 2.51. The maximum atomic E-state index is 11.0. The molecule has 0 bridgehead atoms. The Morgan fingerprint density at radius 1 is 1.69 bits per heavy atom. The number of halogens is 1. The summed E-state index contributed by atoms with van der Waals surface area (Å²) in [5.74, 6) is -1.15. The van der Waals surface area contributed by atoms with Crippen molar-refractivity contribution in [3.8, 4) is 0 Å². The van der Waals surface area contributed by atoms with E-state index in [1.165, 1.54) is 12.3 Å². The molecule has 0 radical (unpaired) electrons. The molecule has 0 spiro atoms. The molecule has 1 aromatic heterocycles. The third-order valence-electron chi connectivity index (χ3n) is 1.71. The molecule has 0 saturated heterocycles. The minimum absolute atomic E-state index is 0. The number of nitrogens with two attached hydrogens (primary N) is 1. The molecule has 1 rings (SSSR count). The quantitative estimate of drug-likeness (QED) is 0.729. The highest BCUT2D eigenvalue weighted by Crippen LogP contribution is 2.01. The number of nitrogens with zero attached hydrogens (tertiary/aromatic N) is 2. The summed E-state index contributed by atoms with van der Waals surface area (Å²) in [6, 6.07) is 0.344. The van der Waals surface area contributed by atoms with E-state index in [9.17, 15) is 13.2 Å². The molecule has 16 heavy (non-hydrogen) atoms. The molecule has 0 fully saturated rings. The molecule has 7 nitrogen and oxygen atoms in total. The molecular formula is C7H12ClN3O4S. The Morgan fingerprint density at radius 2 is 2.25 bits per heavy atom. The summed E-state index contributed by atoms with van der Waals surface area (Å²) < 4.78 is 22.8. The zero-order valence-corrected chi connectivity index (χ0v) is 10.0. The number of aromatic nitrogens is 2. The van der Waals surface area contributed by atoms with E-state index in [0.717, 1.165) is 10.3 Å². The van der Waals surface area contributed by atoms with E-state index in [1.807, 2.05) is 0 Å². The standard InChI is InChI=1S/C7H11N3O4S.ClH/c1-15(13,14)10-3-2-5(9-10)4-6(8)7(11)12;/h2-3,6H,4,8H2,1H3,(H,11,12);1H. The summed E-state index contributed by atoms with van der Waals surface area (Å²) in [6.45, 7) is 0. The van der Waals surface area contributed by atoms with Crippen molar-refractivity contribution in [2.75, 3.05) is 6.26 Å². The third-order valence-corrected chi connectivity index (χ3v) is 2.59. The van der Waals surface area contributed by atoms with Gasteiger partial charge in [0.1, 0.15) is 6.04 Å². The number of carbonyl (C=O) groups is 1. The lowest BCUT2D eigenvalue weighted by Crippen LogP contribution is -2.32. The third kappa shape index (κ3) is 3.80. The second-order valence-corrected chi connectivity index (χ2v) is 4.93. The molecule has 3 N–H and O–H groups in total. The van der Waals surface area contributed by atoms with Crippen LogP contribution < -0.4 is 5.73 Å². The van der Waals surface area contributed by atoms with E-state index < -0.39 is 22.0 Å². The van der Waals surface area contributed by atoms with Crippen LogP contribution in [-0.4, -0.2) is 41.0 Å². The monoisotopic (exact) mass is 269 g/mol. The Labute approximate surface area is 98.7 Å². The van der Waals surface area contributed by atoms with Gasteiger partial charge in [0, 0.05) is 12.6 Å². The van der Waals surface area contributed by atoms with Gasteiger partial charge >= 0.3 is 5.97 Å². The van der Waals surface area contributed by atoms with Crippen LogP contribution in [0.25, 0.3) is 0 Å². The van der Waals surface area contributed by atoms with Gasteiger partial charge in [0.25, 0.3) is 10.0 Å². The van der Waals surface area contributed by atoms with Gasteiger partial charge < -0.3 is 10.8 Å². The minimum Gasteiger partial charge on any atom is -0.480 e. The SMILES string of the molecule is CS(=O)(=O)n1ccc(CC(N)C(=O)O)n1.Cl. The molecule has 1 aromatic rings. The average molecular weight is 270 g/mol. The van der Waals surface area contributed by atoms with Crippen molar-refractivity contribution in [2.24, 2.45) is 5.73 Å². The fraction of sp³-hybridized carbons (Fsp3) is 0.429. The van der Waals surface area contributed by atoms with E-state index in [4.69, 9.17) is 10.8 Å². The maximum absolute atomic E-state index is 11.0. The van der Waals surface area contributed by atoms with E-state index in [2.05, 4.69) is 5.10 Å². The van der Waals surface area contributed by atoms with Crippen molar-refractivity contribution < 1.29 is 18.3 Å². The summed E-state index contributed by atoms with van der Waals surface area (Å²) >= 11 is 0. The maximum Gasteiger partial charge on any atom is 0.320 e. The van der Waals surface area contributed by atoms with Crippen LogP contribution in [0.4, 0.5) is 0 Å². The summed E-state index contributed by atoms with van der Waals surface area (Å²) in [5, 5.41) is 12.2. The zero-order valence-electron chi connectivity index (χ0n) is 8.40. The lowest BCUT2D eigenvalue weighted by atomic mass is 10.2. The Bertz CT molecular complexity index is 470. The van der Waals surface area contributed by atoms with Crippen molar-refractivity contribution in [3.05, 3.63) is 18.0 Å². The van der Waals surface area contributed by atoms with Crippen molar-refractivity contribution in [1.82, 2.24) is 9.19 Å². The van der Waals surface area contributed by atoms with Crippen LogP contribution in [0.3, 0.4) is 0 Å².